The molecule has 8 heavy (non-hydrogen) atoms. The number of aliphatic carboxylic acids is 1. The molecule has 0 aliphatic rings. The Morgan fingerprint density at radius 2 is 2.38 bits per heavy atom. The van der Waals surface area contributed by atoms with E-state index in [1.54, 1.807) is 21.2 Å². The van der Waals surface area contributed by atoms with Gasteiger partial charge in [0.1, 0.15) is 7.28 Å². The second kappa shape index (κ2) is 3.49. The summed E-state index contributed by atoms with van der Waals surface area (Å²) < 4.78 is 0. The lowest BCUT2D eigenvalue weighted by atomic mass is 9.73. The molecule has 3 nitrogen and oxygen atoms in total. The Morgan fingerprint density at radius 1 is 1.88 bits per heavy atom. The van der Waals surface area contributed by atoms with Crippen molar-refractivity contribution in [2.45, 2.75) is 12.8 Å². The zero-order valence-electron chi connectivity index (χ0n) is 5.01. The Balaban J connectivity index is 3.52. The summed E-state index contributed by atoms with van der Waals surface area (Å²) in [6.45, 7) is 1.70. The van der Waals surface area contributed by atoms with Crippen LogP contribution in [0.15, 0.2) is 0 Å². The highest BCUT2D eigenvalue weighted by atomic mass is 16.4. The number of carboxylic acid groups (broad SMARTS) is 1. The van der Waals surface area contributed by atoms with Crippen molar-refractivity contribution in [3.8, 4) is 0 Å². The van der Waals surface area contributed by atoms with E-state index < -0.39 is 11.9 Å². The van der Waals surface area contributed by atoms with Crippen LogP contribution >= 0.6 is 0 Å². The number of rotatable bonds is 3. The van der Waals surface area contributed by atoms with Gasteiger partial charge in [-0.3, -0.25) is 4.79 Å². The zero-order valence-corrected chi connectivity index (χ0v) is 5.01. The van der Waals surface area contributed by atoms with Crippen molar-refractivity contribution in [3.63, 3.8) is 0 Å². The van der Waals surface area contributed by atoms with Gasteiger partial charge in [-0.2, -0.15) is 0 Å². The summed E-state index contributed by atoms with van der Waals surface area (Å²) in [4.78, 5) is 10.1. The van der Waals surface area contributed by atoms with E-state index in [2.05, 4.69) is 5.32 Å². The number of carboxylic acids is 1. The smallest absolute Gasteiger partial charge is 0.311 e. The normalized spacial score (nSPS) is 12.8. The molecule has 0 aromatic rings. The van der Waals surface area contributed by atoms with Crippen LogP contribution in [0.2, 0.25) is 6.82 Å². The standard InChI is InChI=1S/C4H9BNO2/c1-5-3(6-2)4(7)8/h3,6H,1-2H3,(H,7,8)/t3-/m1/s1. The maximum absolute atomic E-state index is 10.1. The summed E-state index contributed by atoms with van der Waals surface area (Å²) in [5.74, 6) is -1.34. The monoisotopic (exact) mass is 114 g/mol. The highest BCUT2D eigenvalue weighted by molar-refractivity contribution is 6.41. The van der Waals surface area contributed by atoms with Crippen LogP contribution in [0.1, 0.15) is 0 Å². The third kappa shape index (κ3) is 1.98. The summed E-state index contributed by atoms with van der Waals surface area (Å²) in [7, 11) is 3.20. The fraction of sp³-hybridized carbons (Fsp3) is 0.750. The van der Waals surface area contributed by atoms with Crippen LogP contribution in [0, 0.1) is 0 Å². The van der Waals surface area contributed by atoms with Gasteiger partial charge in [0.15, 0.2) is 0 Å². The van der Waals surface area contributed by atoms with E-state index in [0.717, 1.165) is 0 Å². The Morgan fingerprint density at radius 3 is 2.38 bits per heavy atom. The molecule has 0 heterocycles. The van der Waals surface area contributed by atoms with Gasteiger partial charge >= 0.3 is 5.97 Å². The summed E-state index contributed by atoms with van der Waals surface area (Å²) in [6, 6.07) is 0. The zero-order chi connectivity index (χ0) is 6.57. The van der Waals surface area contributed by atoms with Gasteiger partial charge in [-0.05, 0) is 7.05 Å². The molecule has 0 aliphatic heterocycles. The molecule has 0 fully saturated rings. The molecule has 45 valence electrons. The molecule has 1 radical (unpaired) electrons. The van der Waals surface area contributed by atoms with Gasteiger partial charge in [0, 0.05) is 0 Å². The van der Waals surface area contributed by atoms with E-state index in [9.17, 15) is 4.79 Å². The van der Waals surface area contributed by atoms with Crippen LogP contribution in [0.4, 0.5) is 0 Å². The number of carbonyl (C=O) groups is 1. The first kappa shape index (κ1) is 7.49. The Hall–Kier alpha value is -0.505. The predicted octanol–water partition coefficient (Wildman–Crippen LogP) is -0.631. The molecule has 0 rings (SSSR count). The maximum atomic E-state index is 10.1. The molecule has 4 heteroatoms. The van der Waals surface area contributed by atoms with Crippen LogP contribution in [-0.2, 0) is 4.79 Å². The average Bonchev–Trinajstić information content (AvgIpc) is 1.69. The van der Waals surface area contributed by atoms with E-state index in [1.807, 2.05) is 0 Å². The molecule has 1 atom stereocenters. The molecule has 0 spiro atoms. The molecule has 0 bridgehead atoms. The first-order valence-electron chi connectivity index (χ1n) is 2.42. The molecule has 0 aliphatic carbocycles. The van der Waals surface area contributed by atoms with Gasteiger partial charge < -0.3 is 10.4 Å². The molecule has 0 aromatic heterocycles. The summed E-state index contributed by atoms with van der Waals surface area (Å²) in [6.07, 6.45) is 0. The Kier molecular flexibility index (Phi) is 3.27. The van der Waals surface area contributed by atoms with Gasteiger partial charge in [0.25, 0.3) is 0 Å². The minimum atomic E-state index is -0.838. The van der Waals surface area contributed by atoms with Crippen LogP contribution in [0.25, 0.3) is 0 Å². The van der Waals surface area contributed by atoms with E-state index in [0.29, 0.717) is 0 Å². The number of likely N-dealkylation sites (N-methyl/N-ethyl adjacent to an activating group) is 1. The third-order valence-electron chi connectivity index (χ3n) is 0.910. The Bertz CT molecular complexity index is 82.1. The van der Waals surface area contributed by atoms with Crippen LogP contribution in [0.3, 0.4) is 0 Å². The number of hydrogen-bond acceptors (Lipinski definition) is 2. The van der Waals surface area contributed by atoms with Gasteiger partial charge in [-0.1, -0.05) is 6.82 Å². The van der Waals surface area contributed by atoms with Crippen LogP contribution in [0.5, 0.6) is 0 Å². The minimum absolute atomic E-state index is 0.505. The van der Waals surface area contributed by atoms with E-state index in [-0.39, 0.29) is 0 Å². The van der Waals surface area contributed by atoms with E-state index >= 15 is 0 Å². The van der Waals surface area contributed by atoms with Crippen LogP contribution < -0.4 is 5.32 Å². The second-order valence-electron chi connectivity index (χ2n) is 1.44. The minimum Gasteiger partial charge on any atom is -0.481 e. The van der Waals surface area contributed by atoms with Crippen molar-refractivity contribution in [2.75, 3.05) is 7.05 Å². The number of hydrogen-bond donors (Lipinski definition) is 2. The van der Waals surface area contributed by atoms with Gasteiger partial charge in [0.2, 0.25) is 0 Å². The SMILES string of the molecule is C[B][C@H](NC)C(=O)O. The van der Waals surface area contributed by atoms with Gasteiger partial charge in [0.05, 0.1) is 5.94 Å². The third-order valence-corrected chi connectivity index (χ3v) is 0.910. The Labute approximate surface area is 49.3 Å². The molecule has 0 saturated heterocycles. The van der Waals surface area contributed by atoms with Crippen molar-refractivity contribution in [2.24, 2.45) is 0 Å². The van der Waals surface area contributed by atoms with E-state index in [4.69, 9.17) is 5.11 Å². The van der Waals surface area contributed by atoms with Crippen molar-refractivity contribution in [1.82, 2.24) is 5.32 Å². The highest BCUT2D eigenvalue weighted by Crippen LogP contribution is 1.76. The molecule has 0 saturated carbocycles. The fourth-order valence-corrected chi connectivity index (χ4v) is 0.433. The molecule has 0 aromatic carbocycles. The number of nitrogens with one attached hydrogen (secondary N) is 1. The molecule has 0 amide bonds. The lowest BCUT2D eigenvalue weighted by Crippen LogP contribution is -2.37. The van der Waals surface area contributed by atoms with Crippen LogP contribution in [-0.4, -0.2) is 31.3 Å². The first-order chi connectivity index (χ1) is 3.72. The van der Waals surface area contributed by atoms with Gasteiger partial charge in [-0.15, -0.1) is 0 Å². The van der Waals surface area contributed by atoms with Gasteiger partial charge in [-0.25, -0.2) is 0 Å². The fourth-order valence-electron chi connectivity index (χ4n) is 0.433. The van der Waals surface area contributed by atoms with E-state index in [1.165, 1.54) is 0 Å². The summed E-state index contributed by atoms with van der Waals surface area (Å²) in [5, 5.41) is 10.9. The highest BCUT2D eigenvalue weighted by Gasteiger charge is 2.10. The quantitative estimate of drug-likeness (QED) is 0.480. The maximum Gasteiger partial charge on any atom is 0.311 e. The summed E-state index contributed by atoms with van der Waals surface area (Å²) >= 11 is 0. The summed E-state index contributed by atoms with van der Waals surface area (Å²) in [5.41, 5.74) is 0. The largest absolute Gasteiger partial charge is 0.481 e. The van der Waals surface area contributed by atoms with Crippen molar-refractivity contribution >= 4 is 13.2 Å². The molecular weight excluding hydrogens is 105 g/mol. The second-order valence-corrected chi connectivity index (χ2v) is 1.44. The lowest BCUT2D eigenvalue weighted by molar-refractivity contribution is -0.137. The lowest BCUT2D eigenvalue weighted by Gasteiger charge is -2.04. The van der Waals surface area contributed by atoms with Crippen molar-refractivity contribution in [1.29, 1.82) is 0 Å². The van der Waals surface area contributed by atoms with Crippen molar-refractivity contribution < 1.29 is 9.90 Å². The topological polar surface area (TPSA) is 49.3 Å². The predicted molar refractivity (Wildman–Crippen MR) is 32.1 cm³/mol. The molecule has 0 unspecified atom stereocenters. The average molecular weight is 114 g/mol. The first-order valence-corrected chi connectivity index (χ1v) is 2.42. The molecular formula is C4H9BNO2. The van der Waals surface area contributed by atoms with Crippen molar-refractivity contribution in [3.05, 3.63) is 0 Å². The molecule has 2 N–H and O–H groups in total.